The van der Waals surface area contributed by atoms with Crippen molar-refractivity contribution in [2.24, 2.45) is 0 Å². The van der Waals surface area contributed by atoms with Gasteiger partial charge in [0.05, 0.1) is 6.61 Å². The van der Waals surface area contributed by atoms with Crippen LogP contribution in [0.25, 0.3) is 0 Å². The van der Waals surface area contributed by atoms with Crippen LogP contribution in [-0.4, -0.2) is 12.6 Å². The molecule has 19 heavy (non-hydrogen) atoms. The summed E-state index contributed by atoms with van der Waals surface area (Å²) >= 11 is 0. The minimum Gasteiger partial charge on any atom is -0.456 e. The number of hydrogen-bond donors (Lipinski definition) is 0. The fraction of sp³-hybridized carbons (Fsp3) is 0.471. The Labute approximate surface area is 115 Å². The third-order valence-corrected chi connectivity index (χ3v) is 3.57. The SMILES string of the molecule is CCOC(=O)C#Cc1ccc(C2CCCCC2)cc1. The molecule has 0 atom stereocenters. The van der Waals surface area contributed by atoms with Crippen LogP contribution in [0, 0.1) is 11.8 Å². The fourth-order valence-electron chi connectivity index (χ4n) is 2.56. The molecule has 2 nitrogen and oxygen atoms in total. The molecule has 0 spiro atoms. The van der Waals surface area contributed by atoms with Crippen molar-refractivity contribution in [2.75, 3.05) is 6.61 Å². The molecule has 0 radical (unpaired) electrons. The monoisotopic (exact) mass is 256 g/mol. The van der Waals surface area contributed by atoms with Gasteiger partial charge in [0.15, 0.2) is 0 Å². The van der Waals surface area contributed by atoms with Gasteiger partial charge < -0.3 is 4.74 Å². The predicted octanol–water partition coefficient (Wildman–Crippen LogP) is 3.65. The second-order valence-electron chi connectivity index (χ2n) is 4.93. The Balaban J connectivity index is 1.99. The second-order valence-corrected chi connectivity index (χ2v) is 4.93. The minimum absolute atomic E-state index is 0.369. The fourth-order valence-corrected chi connectivity index (χ4v) is 2.56. The molecule has 1 saturated carbocycles. The highest BCUT2D eigenvalue weighted by atomic mass is 16.5. The Bertz CT molecular complexity index is 470. The van der Waals surface area contributed by atoms with E-state index >= 15 is 0 Å². The van der Waals surface area contributed by atoms with Gasteiger partial charge in [-0.15, -0.1) is 0 Å². The number of ether oxygens (including phenoxy) is 1. The van der Waals surface area contributed by atoms with Crippen LogP contribution in [0.5, 0.6) is 0 Å². The van der Waals surface area contributed by atoms with Crippen LogP contribution in [0.1, 0.15) is 56.1 Å². The first-order chi connectivity index (χ1) is 9.29. The number of carbonyl (C=O) groups excluding carboxylic acids is 1. The maximum Gasteiger partial charge on any atom is 0.384 e. The van der Waals surface area contributed by atoms with Crippen LogP contribution < -0.4 is 0 Å². The van der Waals surface area contributed by atoms with Gasteiger partial charge in [-0.1, -0.05) is 37.3 Å². The highest BCUT2D eigenvalue weighted by Gasteiger charge is 2.14. The molecule has 0 amide bonds. The van der Waals surface area contributed by atoms with Gasteiger partial charge in [0.2, 0.25) is 0 Å². The normalized spacial score (nSPS) is 15.4. The van der Waals surface area contributed by atoms with Crippen LogP contribution in [0.15, 0.2) is 24.3 Å². The molecule has 2 heteroatoms. The molecule has 1 aliphatic carbocycles. The maximum atomic E-state index is 11.1. The lowest BCUT2D eigenvalue weighted by Gasteiger charge is -2.21. The summed E-state index contributed by atoms with van der Waals surface area (Å²) in [6.07, 6.45) is 6.66. The maximum absolute atomic E-state index is 11.1. The Hall–Kier alpha value is -1.75. The largest absolute Gasteiger partial charge is 0.456 e. The highest BCUT2D eigenvalue weighted by Crippen LogP contribution is 2.32. The molecule has 100 valence electrons. The molecule has 0 heterocycles. The van der Waals surface area contributed by atoms with Gasteiger partial charge in [0, 0.05) is 11.5 Å². The zero-order chi connectivity index (χ0) is 13.5. The van der Waals surface area contributed by atoms with E-state index in [1.807, 2.05) is 12.1 Å². The molecule has 0 aromatic heterocycles. The molecule has 1 aliphatic rings. The standard InChI is InChI=1S/C17H20O2/c1-2-19-17(18)13-10-14-8-11-16(12-9-14)15-6-4-3-5-7-15/h8-9,11-12,15H,2-7H2,1H3. The number of carbonyl (C=O) groups is 1. The Morgan fingerprint density at radius 3 is 2.53 bits per heavy atom. The smallest absolute Gasteiger partial charge is 0.384 e. The molecule has 0 aliphatic heterocycles. The van der Waals surface area contributed by atoms with Crippen LogP contribution in [0.3, 0.4) is 0 Å². The van der Waals surface area contributed by atoms with Gasteiger partial charge in [0.25, 0.3) is 0 Å². The van der Waals surface area contributed by atoms with Crippen molar-refractivity contribution in [1.82, 2.24) is 0 Å². The van der Waals surface area contributed by atoms with Crippen molar-refractivity contribution in [3.63, 3.8) is 0 Å². The molecule has 0 N–H and O–H groups in total. The number of esters is 1. The van der Waals surface area contributed by atoms with Gasteiger partial charge in [-0.3, -0.25) is 0 Å². The lowest BCUT2D eigenvalue weighted by Crippen LogP contribution is -2.04. The van der Waals surface area contributed by atoms with E-state index in [-0.39, 0.29) is 0 Å². The first-order valence-corrected chi connectivity index (χ1v) is 7.08. The van der Waals surface area contributed by atoms with E-state index in [2.05, 4.69) is 24.0 Å². The summed E-state index contributed by atoms with van der Waals surface area (Å²) in [6, 6.07) is 8.28. The summed E-state index contributed by atoms with van der Waals surface area (Å²) < 4.78 is 4.77. The average molecular weight is 256 g/mol. The van der Waals surface area contributed by atoms with Crippen LogP contribution >= 0.6 is 0 Å². The van der Waals surface area contributed by atoms with E-state index in [0.29, 0.717) is 12.5 Å². The molecule has 2 rings (SSSR count). The molecule has 0 bridgehead atoms. The number of benzene rings is 1. The molecule has 1 aromatic carbocycles. The van der Waals surface area contributed by atoms with E-state index in [0.717, 1.165) is 5.56 Å². The van der Waals surface area contributed by atoms with Gasteiger partial charge in [-0.2, -0.15) is 0 Å². The summed E-state index contributed by atoms with van der Waals surface area (Å²) in [7, 11) is 0. The molecule has 1 aromatic rings. The molecule has 0 unspecified atom stereocenters. The van der Waals surface area contributed by atoms with E-state index in [9.17, 15) is 4.79 Å². The minimum atomic E-state index is -0.459. The first-order valence-electron chi connectivity index (χ1n) is 7.08. The van der Waals surface area contributed by atoms with Crippen molar-refractivity contribution < 1.29 is 9.53 Å². The van der Waals surface area contributed by atoms with E-state index in [1.165, 1.54) is 37.7 Å². The average Bonchev–Trinajstić information content (AvgIpc) is 2.47. The van der Waals surface area contributed by atoms with Gasteiger partial charge in [0.1, 0.15) is 0 Å². The number of hydrogen-bond acceptors (Lipinski definition) is 2. The van der Waals surface area contributed by atoms with Gasteiger partial charge >= 0.3 is 5.97 Å². The zero-order valence-corrected chi connectivity index (χ0v) is 11.4. The summed E-state index contributed by atoms with van der Waals surface area (Å²) in [6.45, 7) is 2.15. The van der Waals surface area contributed by atoms with Gasteiger partial charge in [-0.25, -0.2) is 4.79 Å². The molecule has 1 fully saturated rings. The Kier molecular flexibility index (Phi) is 5.03. The topological polar surface area (TPSA) is 26.3 Å². The molecular weight excluding hydrogens is 236 g/mol. The Morgan fingerprint density at radius 1 is 1.21 bits per heavy atom. The van der Waals surface area contributed by atoms with E-state index in [4.69, 9.17) is 4.74 Å². The van der Waals surface area contributed by atoms with Crippen molar-refractivity contribution in [1.29, 1.82) is 0 Å². The lowest BCUT2D eigenvalue weighted by molar-refractivity contribution is -0.136. The highest BCUT2D eigenvalue weighted by molar-refractivity contribution is 5.89. The van der Waals surface area contributed by atoms with Crippen molar-refractivity contribution >= 4 is 5.97 Å². The van der Waals surface area contributed by atoms with Crippen molar-refractivity contribution in [3.8, 4) is 11.8 Å². The molecular formula is C17H20O2. The number of rotatable bonds is 2. The van der Waals surface area contributed by atoms with E-state index in [1.54, 1.807) is 6.92 Å². The molecule has 0 saturated heterocycles. The Morgan fingerprint density at radius 2 is 1.89 bits per heavy atom. The van der Waals surface area contributed by atoms with E-state index < -0.39 is 5.97 Å². The summed E-state index contributed by atoms with van der Waals surface area (Å²) in [5.74, 6) is 5.57. The third kappa shape index (κ3) is 4.13. The summed E-state index contributed by atoms with van der Waals surface area (Å²) in [5.41, 5.74) is 2.27. The first kappa shape index (κ1) is 13.7. The zero-order valence-electron chi connectivity index (χ0n) is 11.4. The van der Waals surface area contributed by atoms with Crippen LogP contribution in [0.2, 0.25) is 0 Å². The van der Waals surface area contributed by atoms with Crippen LogP contribution in [0.4, 0.5) is 0 Å². The summed E-state index contributed by atoms with van der Waals surface area (Å²) in [4.78, 5) is 11.1. The predicted molar refractivity (Wildman–Crippen MR) is 75.8 cm³/mol. The third-order valence-electron chi connectivity index (χ3n) is 3.57. The van der Waals surface area contributed by atoms with Crippen molar-refractivity contribution in [3.05, 3.63) is 35.4 Å². The lowest BCUT2D eigenvalue weighted by atomic mass is 9.84. The quantitative estimate of drug-likeness (QED) is 0.596. The second kappa shape index (κ2) is 6.99. The van der Waals surface area contributed by atoms with Gasteiger partial charge in [-0.05, 0) is 43.4 Å². The summed E-state index contributed by atoms with van der Waals surface area (Å²) in [5, 5.41) is 0. The van der Waals surface area contributed by atoms with Crippen molar-refractivity contribution in [2.45, 2.75) is 44.9 Å². The van der Waals surface area contributed by atoms with Crippen LogP contribution in [-0.2, 0) is 9.53 Å².